The summed E-state index contributed by atoms with van der Waals surface area (Å²) in [5, 5.41) is 8.11. The van der Waals surface area contributed by atoms with Crippen molar-refractivity contribution in [2.75, 3.05) is 5.32 Å². The standard InChI is InChI=1S/C14H12Cl2FN5/c1-7-12(16)8(2)22-14(19-7)20-13(21-22)18-6-9-10(15)4-3-5-11(9)17/h3-5H,6H2,1-2H3,(H,18,21). The third-order valence-corrected chi connectivity index (χ3v) is 4.20. The number of nitrogens with one attached hydrogen (secondary N) is 1. The van der Waals surface area contributed by atoms with E-state index in [9.17, 15) is 4.39 Å². The summed E-state index contributed by atoms with van der Waals surface area (Å²) < 4.78 is 15.3. The molecule has 0 bridgehead atoms. The van der Waals surface area contributed by atoms with Gasteiger partial charge in [-0.2, -0.15) is 9.50 Å². The molecule has 1 aromatic carbocycles. The van der Waals surface area contributed by atoms with Gasteiger partial charge in [0.25, 0.3) is 5.78 Å². The Hall–Kier alpha value is -1.92. The fourth-order valence-electron chi connectivity index (χ4n) is 2.10. The smallest absolute Gasteiger partial charge is 0.254 e. The van der Waals surface area contributed by atoms with Gasteiger partial charge in [0.2, 0.25) is 5.95 Å². The first kappa shape index (κ1) is 15.0. The van der Waals surface area contributed by atoms with Gasteiger partial charge in [-0.25, -0.2) is 9.37 Å². The number of aryl methyl sites for hydroxylation is 2. The Bertz CT molecular complexity index is 842. The normalized spacial score (nSPS) is 11.1. The molecule has 0 fully saturated rings. The largest absolute Gasteiger partial charge is 0.349 e. The molecule has 0 spiro atoms. The van der Waals surface area contributed by atoms with Crippen LogP contribution < -0.4 is 5.32 Å². The van der Waals surface area contributed by atoms with Crippen LogP contribution in [0.5, 0.6) is 0 Å². The van der Waals surface area contributed by atoms with Crippen LogP contribution in [0.1, 0.15) is 17.0 Å². The second kappa shape index (κ2) is 5.70. The fourth-order valence-corrected chi connectivity index (χ4v) is 2.45. The van der Waals surface area contributed by atoms with Gasteiger partial charge in [0.15, 0.2) is 0 Å². The van der Waals surface area contributed by atoms with E-state index < -0.39 is 0 Å². The van der Waals surface area contributed by atoms with Crippen LogP contribution in [0.2, 0.25) is 10.0 Å². The topological polar surface area (TPSA) is 55.1 Å². The average molecular weight is 340 g/mol. The third kappa shape index (κ3) is 2.60. The average Bonchev–Trinajstić information content (AvgIpc) is 2.87. The van der Waals surface area contributed by atoms with Crippen molar-refractivity contribution < 1.29 is 4.39 Å². The van der Waals surface area contributed by atoms with Gasteiger partial charge in [0.05, 0.1) is 16.4 Å². The van der Waals surface area contributed by atoms with Crippen LogP contribution in [0.15, 0.2) is 18.2 Å². The zero-order valence-electron chi connectivity index (χ0n) is 11.9. The highest BCUT2D eigenvalue weighted by atomic mass is 35.5. The van der Waals surface area contributed by atoms with Crippen LogP contribution in [0, 0.1) is 19.7 Å². The monoisotopic (exact) mass is 339 g/mol. The highest BCUT2D eigenvalue weighted by Gasteiger charge is 2.13. The van der Waals surface area contributed by atoms with Crippen molar-refractivity contribution in [3.63, 3.8) is 0 Å². The molecule has 22 heavy (non-hydrogen) atoms. The Morgan fingerprint density at radius 1 is 1.23 bits per heavy atom. The minimum absolute atomic E-state index is 0.175. The first-order chi connectivity index (χ1) is 10.5. The first-order valence-corrected chi connectivity index (χ1v) is 7.29. The van der Waals surface area contributed by atoms with Crippen molar-refractivity contribution in [3.05, 3.63) is 51.0 Å². The van der Waals surface area contributed by atoms with Crippen molar-refractivity contribution in [3.8, 4) is 0 Å². The van der Waals surface area contributed by atoms with Gasteiger partial charge >= 0.3 is 0 Å². The van der Waals surface area contributed by atoms with E-state index in [-0.39, 0.29) is 12.4 Å². The summed E-state index contributed by atoms with van der Waals surface area (Å²) in [6, 6.07) is 4.55. The Labute approximate surface area is 136 Å². The lowest BCUT2D eigenvalue weighted by atomic mass is 10.2. The molecule has 0 aliphatic carbocycles. The number of anilines is 1. The maximum absolute atomic E-state index is 13.7. The maximum Gasteiger partial charge on any atom is 0.254 e. The lowest BCUT2D eigenvalue weighted by Gasteiger charge is -2.05. The molecule has 1 N–H and O–H groups in total. The highest BCUT2D eigenvalue weighted by molar-refractivity contribution is 6.32. The Balaban J connectivity index is 1.91. The second-order valence-electron chi connectivity index (χ2n) is 4.80. The van der Waals surface area contributed by atoms with Gasteiger partial charge in [-0.3, -0.25) is 0 Å². The minimum Gasteiger partial charge on any atom is -0.349 e. The molecule has 0 unspecified atom stereocenters. The molecule has 114 valence electrons. The number of aromatic nitrogens is 4. The number of benzene rings is 1. The first-order valence-electron chi connectivity index (χ1n) is 6.53. The molecule has 0 radical (unpaired) electrons. The van der Waals surface area contributed by atoms with Gasteiger partial charge in [-0.15, -0.1) is 5.10 Å². The summed E-state index contributed by atoms with van der Waals surface area (Å²) in [4.78, 5) is 8.52. The lowest BCUT2D eigenvalue weighted by Crippen LogP contribution is -2.04. The van der Waals surface area contributed by atoms with Crippen LogP contribution in [-0.4, -0.2) is 19.6 Å². The number of rotatable bonds is 3. The van der Waals surface area contributed by atoms with Gasteiger partial charge in [-0.1, -0.05) is 29.3 Å². The van der Waals surface area contributed by atoms with E-state index >= 15 is 0 Å². The third-order valence-electron chi connectivity index (χ3n) is 3.30. The van der Waals surface area contributed by atoms with E-state index in [0.717, 1.165) is 5.69 Å². The summed E-state index contributed by atoms with van der Waals surface area (Å²) in [5.74, 6) is 0.384. The van der Waals surface area contributed by atoms with Crippen LogP contribution >= 0.6 is 23.2 Å². The van der Waals surface area contributed by atoms with Crippen LogP contribution in [0.25, 0.3) is 5.78 Å². The zero-order valence-corrected chi connectivity index (χ0v) is 13.4. The lowest BCUT2D eigenvalue weighted by molar-refractivity contribution is 0.613. The van der Waals surface area contributed by atoms with Crippen LogP contribution in [-0.2, 0) is 6.54 Å². The number of fused-ring (bicyclic) bond motifs is 1. The highest BCUT2D eigenvalue weighted by Crippen LogP contribution is 2.21. The fraction of sp³-hybridized carbons (Fsp3) is 0.214. The predicted molar refractivity (Wildman–Crippen MR) is 84.0 cm³/mol. The molecule has 3 aromatic rings. The van der Waals surface area contributed by atoms with Crippen molar-refractivity contribution >= 4 is 34.9 Å². The molecule has 0 aliphatic heterocycles. The SMILES string of the molecule is Cc1nc2nc(NCc3c(F)cccc3Cl)nn2c(C)c1Cl. The predicted octanol–water partition coefficient (Wildman–Crippen LogP) is 3.80. The molecule has 0 saturated carbocycles. The van der Waals surface area contributed by atoms with E-state index in [1.165, 1.54) is 6.07 Å². The number of halogens is 3. The van der Waals surface area contributed by atoms with Crippen molar-refractivity contribution in [2.24, 2.45) is 0 Å². The van der Waals surface area contributed by atoms with Gasteiger partial charge in [0, 0.05) is 17.1 Å². The molecular formula is C14H12Cl2FN5. The quantitative estimate of drug-likeness (QED) is 0.788. The van der Waals surface area contributed by atoms with Gasteiger partial charge in [-0.05, 0) is 26.0 Å². The molecular weight excluding hydrogens is 328 g/mol. The van der Waals surface area contributed by atoms with Crippen molar-refractivity contribution in [2.45, 2.75) is 20.4 Å². The van der Waals surface area contributed by atoms with Crippen LogP contribution in [0.4, 0.5) is 10.3 Å². The number of nitrogens with zero attached hydrogens (tertiary/aromatic N) is 4. The molecule has 0 aliphatic rings. The van der Waals surface area contributed by atoms with E-state index in [0.29, 0.717) is 33.0 Å². The molecule has 2 heterocycles. The molecule has 0 saturated heterocycles. The van der Waals surface area contributed by atoms with Gasteiger partial charge < -0.3 is 5.32 Å². The maximum atomic E-state index is 13.7. The Morgan fingerprint density at radius 2 is 2.00 bits per heavy atom. The molecule has 0 atom stereocenters. The summed E-state index contributed by atoms with van der Waals surface area (Å²) >= 11 is 12.1. The van der Waals surface area contributed by atoms with Crippen LogP contribution in [0.3, 0.4) is 0 Å². The second-order valence-corrected chi connectivity index (χ2v) is 5.58. The number of hydrogen-bond donors (Lipinski definition) is 1. The van der Waals surface area contributed by atoms with Gasteiger partial charge in [0.1, 0.15) is 5.82 Å². The Morgan fingerprint density at radius 3 is 2.73 bits per heavy atom. The van der Waals surface area contributed by atoms with E-state index in [1.54, 1.807) is 23.6 Å². The van der Waals surface area contributed by atoms with Crippen molar-refractivity contribution in [1.29, 1.82) is 0 Å². The summed E-state index contributed by atoms with van der Waals surface area (Å²) in [7, 11) is 0. The van der Waals surface area contributed by atoms with E-state index in [2.05, 4.69) is 20.4 Å². The van der Waals surface area contributed by atoms with Crippen molar-refractivity contribution in [1.82, 2.24) is 19.6 Å². The molecule has 0 amide bonds. The van der Waals surface area contributed by atoms with E-state index in [4.69, 9.17) is 23.2 Å². The zero-order chi connectivity index (χ0) is 15.9. The number of hydrogen-bond acceptors (Lipinski definition) is 4. The molecule has 5 nitrogen and oxygen atoms in total. The molecule has 2 aromatic heterocycles. The summed E-state index contributed by atoms with van der Waals surface area (Å²) in [6.45, 7) is 3.81. The Kier molecular flexibility index (Phi) is 3.88. The minimum atomic E-state index is -0.378. The van der Waals surface area contributed by atoms with E-state index in [1.807, 2.05) is 6.92 Å². The summed E-state index contributed by atoms with van der Waals surface area (Å²) in [5.41, 5.74) is 1.79. The molecule has 8 heteroatoms. The summed E-state index contributed by atoms with van der Waals surface area (Å²) in [6.07, 6.45) is 0. The molecule has 3 rings (SSSR count).